The number of hydrogen-bond acceptors (Lipinski definition) is 1. The summed E-state index contributed by atoms with van der Waals surface area (Å²) in [5, 5.41) is 6.29. The molecule has 0 heterocycles. The van der Waals surface area contributed by atoms with Gasteiger partial charge in [-0.1, -0.05) is 18.2 Å². The van der Waals surface area contributed by atoms with Gasteiger partial charge in [-0.3, -0.25) is 0 Å². The molecule has 0 amide bonds. The Kier molecular flexibility index (Phi) is 4.24. The molecule has 0 atom stereocenters. The SMILES string of the molecule is C=C(C)CNC(=S)Nc1cccc(F)c1. The van der Waals surface area contributed by atoms with E-state index in [1.807, 2.05) is 6.92 Å². The summed E-state index contributed by atoms with van der Waals surface area (Å²) < 4.78 is 12.8. The lowest BCUT2D eigenvalue weighted by Crippen LogP contribution is -2.29. The average Bonchev–Trinajstić information content (AvgIpc) is 2.15. The van der Waals surface area contributed by atoms with Crippen LogP contribution < -0.4 is 10.6 Å². The number of nitrogens with one attached hydrogen (secondary N) is 2. The first-order valence-corrected chi connectivity index (χ1v) is 4.93. The summed E-state index contributed by atoms with van der Waals surface area (Å²) in [6.45, 7) is 6.25. The minimum atomic E-state index is -0.289. The van der Waals surface area contributed by atoms with Crippen LogP contribution in [0.2, 0.25) is 0 Å². The Morgan fingerprint density at radius 2 is 2.27 bits per heavy atom. The fourth-order valence-electron chi connectivity index (χ4n) is 0.973. The van der Waals surface area contributed by atoms with Gasteiger partial charge in [0.15, 0.2) is 5.11 Å². The number of hydrogen-bond donors (Lipinski definition) is 2. The normalized spacial score (nSPS) is 9.47. The number of rotatable bonds is 3. The molecule has 0 aliphatic heterocycles. The van der Waals surface area contributed by atoms with E-state index in [1.165, 1.54) is 12.1 Å². The Balaban J connectivity index is 2.48. The van der Waals surface area contributed by atoms with Crippen LogP contribution in [0.3, 0.4) is 0 Å². The number of anilines is 1. The zero-order valence-corrected chi connectivity index (χ0v) is 9.33. The number of halogens is 1. The molecule has 4 heteroatoms. The molecule has 1 rings (SSSR count). The lowest BCUT2D eigenvalue weighted by atomic mass is 10.3. The summed E-state index contributed by atoms with van der Waals surface area (Å²) in [6, 6.07) is 6.14. The second-order valence-electron chi connectivity index (χ2n) is 3.28. The first kappa shape index (κ1) is 11.7. The lowest BCUT2D eigenvalue weighted by Gasteiger charge is -2.10. The largest absolute Gasteiger partial charge is 0.359 e. The maximum absolute atomic E-state index is 12.8. The van der Waals surface area contributed by atoms with Gasteiger partial charge in [-0.15, -0.1) is 0 Å². The molecule has 0 saturated heterocycles. The first-order valence-electron chi connectivity index (χ1n) is 4.53. The highest BCUT2D eigenvalue weighted by molar-refractivity contribution is 7.80. The molecular weight excluding hydrogens is 211 g/mol. The van der Waals surface area contributed by atoms with E-state index in [4.69, 9.17) is 12.2 Å². The van der Waals surface area contributed by atoms with E-state index in [-0.39, 0.29) is 5.82 Å². The molecule has 15 heavy (non-hydrogen) atoms. The maximum Gasteiger partial charge on any atom is 0.171 e. The second-order valence-corrected chi connectivity index (χ2v) is 3.68. The lowest BCUT2D eigenvalue weighted by molar-refractivity contribution is 0.628. The van der Waals surface area contributed by atoms with Gasteiger partial charge in [0, 0.05) is 12.2 Å². The van der Waals surface area contributed by atoms with Gasteiger partial charge in [0.05, 0.1) is 0 Å². The van der Waals surface area contributed by atoms with Crippen molar-refractivity contribution in [2.45, 2.75) is 6.92 Å². The predicted octanol–water partition coefficient (Wildman–Crippen LogP) is 2.69. The summed E-state index contributed by atoms with van der Waals surface area (Å²) in [5.74, 6) is -0.289. The van der Waals surface area contributed by atoms with Gasteiger partial charge in [0.1, 0.15) is 5.82 Å². The van der Waals surface area contributed by atoms with Gasteiger partial charge >= 0.3 is 0 Å². The summed E-state index contributed by atoms with van der Waals surface area (Å²) >= 11 is 5.01. The van der Waals surface area contributed by atoms with Crippen LogP contribution in [-0.2, 0) is 0 Å². The molecule has 0 spiro atoms. The third kappa shape index (κ3) is 4.56. The Hall–Kier alpha value is -1.42. The van der Waals surface area contributed by atoms with Crippen LogP contribution in [0, 0.1) is 5.82 Å². The molecule has 2 nitrogen and oxygen atoms in total. The molecule has 1 aromatic rings. The highest BCUT2D eigenvalue weighted by atomic mass is 32.1. The first-order chi connectivity index (χ1) is 7.08. The number of benzene rings is 1. The molecular formula is C11H13FN2S. The fraction of sp³-hybridized carbons (Fsp3) is 0.182. The van der Waals surface area contributed by atoms with Crippen LogP contribution in [-0.4, -0.2) is 11.7 Å². The van der Waals surface area contributed by atoms with Crippen molar-refractivity contribution in [2.75, 3.05) is 11.9 Å². The fourth-order valence-corrected chi connectivity index (χ4v) is 1.16. The van der Waals surface area contributed by atoms with Crippen molar-refractivity contribution in [1.82, 2.24) is 5.32 Å². The van der Waals surface area contributed by atoms with Crippen LogP contribution in [0.25, 0.3) is 0 Å². The molecule has 2 N–H and O–H groups in total. The van der Waals surface area contributed by atoms with Gasteiger partial charge < -0.3 is 10.6 Å². The molecule has 0 aliphatic rings. The van der Waals surface area contributed by atoms with Crippen molar-refractivity contribution in [2.24, 2.45) is 0 Å². The second kappa shape index (κ2) is 5.46. The van der Waals surface area contributed by atoms with Crippen LogP contribution >= 0.6 is 12.2 Å². The smallest absolute Gasteiger partial charge is 0.171 e. The van der Waals surface area contributed by atoms with Crippen molar-refractivity contribution in [3.8, 4) is 0 Å². The molecule has 1 aromatic carbocycles. The van der Waals surface area contributed by atoms with Crippen molar-refractivity contribution in [1.29, 1.82) is 0 Å². The monoisotopic (exact) mass is 224 g/mol. The summed E-state index contributed by atoms with van der Waals surface area (Å²) in [5.41, 5.74) is 1.62. The minimum Gasteiger partial charge on any atom is -0.359 e. The molecule has 0 aliphatic carbocycles. The third-order valence-corrected chi connectivity index (χ3v) is 1.88. The van der Waals surface area contributed by atoms with Crippen molar-refractivity contribution in [3.05, 3.63) is 42.2 Å². The van der Waals surface area contributed by atoms with Crippen molar-refractivity contribution >= 4 is 23.0 Å². The highest BCUT2D eigenvalue weighted by Gasteiger charge is 1.97. The highest BCUT2D eigenvalue weighted by Crippen LogP contribution is 2.08. The minimum absolute atomic E-state index is 0.289. The third-order valence-electron chi connectivity index (χ3n) is 1.63. The Labute approximate surface area is 94.2 Å². The molecule has 0 aromatic heterocycles. The van der Waals surface area contributed by atoms with Gasteiger partial charge in [0.25, 0.3) is 0 Å². The van der Waals surface area contributed by atoms with Crippen LogP contribution in [0.1, 0.15) is 6.92 Å². The van der Waals surface area contributed by atoms with Crippen LogP contribution in [0.5, 0.6) is 0 Å². The predicted molar refractivity (Wildman–Crippen MR) is 65.4 cm³/mol. The molecule has 0 unspecified atom stereocenters. The topological polar surface area (TPSA) is 24.1 Å². The maximum atomic E-state index is 12.8. The molecule has 0 radical (unpaired) electrons. The van der Waals surface area contributed by atoms with E-state index >= 15 is 0 Å². The molecule has 80 valence electrons. The van der Waals surface area contributed by atoms with Crippen LogP contribution in [0.15, 0.2) is 36.4 Å². The van der Waals surface area contributed by atoms with E-state index in [1.54, 1.807) is 12.1 Å². The average molecular weight is 224 g/mol. The molecule has 0 bridgehead atoms. The van der Waals surface area contributed by atoms with Crippen molar-refractivity contribution in [3.63, 3.8) is 0 Å². The van der Waals surface area contributed by atoms with Crippen LogP contribution in [0.4, 0.5) is 10.1 Å². The Morgan fingerprint density at radius 1 is 1.53 bits per heavy atom. The van der Waals surface area contributed by atoms with Gasteiger partial charge in [0.2, 0.25) is 0 Å². The molecule has 0 saturated carbocycles. The Morgan fingerprint density at radius 3 is 2.87 bits per heavy atom. The van der Waals surface area contributed by atoms with E-state index in [2.05, 4.69) is 17.2 Å². The summed E-state index contributed by atoms with van der Waals surface area (Å²) in [4.78, 5) is 0. The van der Waals surface area contributed by atoms with Gasteiger partial charge in [-0.25, -0.2) is 4.39 Å². The zero-order chi connectivity index (χ0) is 11.3. The quantitative estimate of drug-likeness (QED) is 0.609. The van der Waals surface area contributed by atoms with E-state index in [0.717, 1.165) is 5.57 Å². The van der Waals surface area contributed by atoms with Crippen molar-refractivity contribution < 1.29 is 4.39 Å². The van der Waals surface area contributed by atoms with E-state index in [9.17, 15) is 4.39 Å². The van der Waals surface area contributed by atoms with Gasteiger partial charge in [-0.05, 0) is 37.3 Å². The zero-order valence-electron chi connectivity index (χ0n) is 8.51. The van der Waals surface area contributed by atoms with E-state index < -0.39 is 0 Å². The molecule has 0 fully saturated rings. The summed E-state index contributed by atoms with van der Waals surface area (Å²) in [6.07, 6.45) is 0. The standard InChI is InChI=1S/C11H13FN2S/c1-8(2)7-13-11(15)14-10-5-3-4-9(12)6-10/h3-6H,1,7H2,2H3,(H2,13,14,15). The van der Waals surface area contributed by atoms with Gasteiger partial charge in [-0.2, -0.15) is 0 Å². The summed E-state index contributed by atoms with van der Waals surface area (Å²) in [7, 11) is 0. The van der Waals surface area contributed by atoms with E-state index in [0.29, 0.717) is 17.3 Å². The number of thiocarbonyl (C=S) groups is 1. The Bertz CT molecular complexity index is 377.